The van der Waals surface area contributed by atoms with Crippen LogP contribution >= 0.6 is 0 Å². The third-order valence-corrected chi connectivity index (χ3v) is 3.56. The molecule has 0 bridgehead atoms. The van der Waals surface area contributed by atoms with Gasteiger partial charge in [0.25, 0.3) is 0 Å². The zero-order chi connectivity index (χ0) is 13.8. The van der Waals surface area contributed by atoms with Crippen LogP contribution in [0.3, 0.4) is 0 Å². The third-order valence-electron chi connectivity index (χ3n) is 3.56. The Morgan fingerprint density at radius 1 is 1.10 bits per heavy atom. The lowest BCUT2D eigenvalue weighted by atomic mass is 10.2. The summed E-state index contributed by atoms with van der Waals surface area (Å²) < 4.78 is 8.19. The Bertz CT molecular complexity index is 723. The Hall–Kier alpha value is -2.22. The van der Waals surface area contributed by atoms with Crippen LogP contribution in [0.5, 0.6) is 0 Å². The van der Waals surface area contributed by atoms with Gasteiger partial charge in [0.1, 0.15) is 12.4 Å². The second-order valence-corrected chi connectivity index (χ2v) is 4.91. The molecule has 0 spiro atoms. The largest absolute Gasteiger partial charge is 0.489 e. The topological polar surface area (TPSA) is 14.2 Å². The van der Waals surface area contributed by atoms with Crippen molar-refractivity contribution in [2.45, 2.75) is 26.5 Å². The molecule has 0 saturated heterocycles. The van der Waals surface area contributed by atoms with Crippen LogP contribution in [0.4, 0.5) is 0 Å². The zero-order valence-corrected chi connectivity index (χ0v) is 11.8. The minimum Gasteiger partial charge on any atom is -0.489 e. The quantitative estimate of drug-likeness (QED) is 0.829. The summed E-state index contributed by atoms with van der Waals surface area (Å²) in [6, 6.07) is 12.4. The number of ether oxygens (including phenoxy) is 1. The van der Waals surface area contributed by atoms with E-state index in [2.05, 4.69) is 54.1 Å². The van der Waals surface area contributed by atoms with Crippen LogP contribution in [-0.2, 0) is 17.9 Å². The second kappa shape index (κ2) is 5.83. The van der Waals surface area contributed by atoms with Crippen LogP contribution in [0, 0.1) is 0 Å². The van der Waals surface area contributed by atoms with Crippen LogP contribution in [0.2, 0.25) is 0 Å². The molecule has 2 aromatic rings. The van der Waals surface area contributed by atoms with E-state index in [1.807, 2.05) is 18.2 Å². The number of hydrogen-bond donors (Lipinski definition) is 0. The lowest BCUT2D eigenvalue weighted by molar-refractivity contribution is 0.215. The predicted octanol–water partition coefficient (Wildman–Crippen LogP) is 2.57. The van der Waals surface area contributed by atoms with Crippen molar-refractivity contribution < 1.29 is 4.74 Å². The molecule has 0 aliphatic heterocycles. The fourth-order valence-corrected chi connectivity index (χ4v) is 2.48. The molecule has 2 heteroatoms. The van der Waals surface area contributed by atoms with E-state index < -0.39 is 0 Å². The van der Waals surface area contributed by atoms with Gasteiger partial charge in [0.2, 0.25) is 0 Å². The summed E-state index contributed by atoms with van der Waals surface area (Å²) in [4.78, 5) is 0. The molecule has 1 aromatic heterocycles. The second-order valence-electron chi connectivity index (χ2n) is 4.91. The maximum atomic E-state index is 5.93. The van der Waals surface area contributed by atoms with Crippen LogP contribution in [0.25, 0.3) is 12.2 Å². The van der Waals surface area contributed by atoms with Crippen molar-refractivity contribution in [2.75, 3.05) is 0 Å². The van der Waals surface area contributed by atoms with Gasteiger partial charge in [-0.05, 0) is 37.1 Å². The standard InChI is InChI=1S/C18H19NO/c1-2-19-12-11-16-13-17(9-6-10-18(16)19)20-14-15-7-4-3-5-8-15/h3-5,7-13H,2,6,14H2,1H3. The molecule has 1 aliphatic carbocycles. The molecule has 0 unspecified atom stereocenters. The van der Waals surface area contributed by atoms with Gasteiger partial charge in [0.15, 0.2) is 0 Å². The molecular weight excluding hydrogens is 246 g/mol. The van der Waals surface area contributed by atoms with Crippen molar-refractivity contribution in [3.05, 3.63) is 70.6 Å². The van der Waals surface area contributed by atoms with Gasteiger partial charge in [-0.1, -0.05) is 36.4 Å². The summed E-state index contributed by atoms with van der Waals surface area (Å²) in [5, 5.41) is 2.53. The number of aromatic nitrogens is 1. The molecule has 0 amide bonds. The monoisotopic (exact) mass is 265 g/mol. The number of nitrogens with zero attached hydrogens (tertiary/aromatic N) is 1. The van der Waals surface area contributed by atoms with Crippen LogP contribution < -0.4 is 10.6 Å². The Labute approximate surface area is 119 Å². The number of hydrogen-bond acceptors (Lipinski definition) is 1. The highest BCUT2D eigenvalue weighted by Gasteiger charge is 2.02. The SMILES string of the molecule is CCn1ccc2c1=CCC=C(OCc1ccccc1)C=2. The smallest absolute Gasteiger partial charge is 0.116 e. The molecule has 1 aliphatic rings. The highest BCUT2D eigenvalue weighted by molar-refractivity contribution is 5.47. The van der Waals surface area contributed by atoms with Crippen LogP contribution in [0.15, 0.2) is 54.4 Å². The van der Waals surface area contributed by atoms with Crippen molar-refractivity contribution in [1.29, 1.82) is 0 Å². The third kappa shape index (κ3) is 2.69. The zero-order valence-electron chi connectivity index (χ0n) is 11.8. The molecule has 0 saturated carbocycles. The Balaban J connectivity index is 1.80. The number of benzene rings is 1. The van der Waals surface area contributed by atoms with Gasteiger partial charge in [-0.25, -0.2) is 0 Å². The van der Waals surface area contributed by atoms with Gasteiger partial charge in [0, 0.05) is 23.3 Å². The summed E-state index contributed by atoms with van der Waals surface area (Å²) in [5.74, 6) is 0.956. The highest BCUT2D eigenvalue weighted by atomic mass is 16.5. The number of fused-ring (bicyclic) bond motifs is 1. The van der Waals surface area contributed by atoms with Gasteiger partial charge in [-0.15, -0.1) is 0 Å². The average Bonchev–Trinajstić information content (AvgIpc) is 2.76. The first-order valence-corrected chi connectivity index (χ1v) is 7.11. The first kappa shape index (κ1) is 12.8. The molecule has 20 heavy (non-hydrogen) atoms. The molecule has 0 radical (unpaired) electrons. The van der Waals surface area contributed by atoms with Crippen LogP contribution in [-0.4, -0.2) is 4.57 Å². The van der Waals surface area contributed by atoms with E-state index in [0.29, 0.717) is 6.61 Å². The lowest BCUT2D eigenvalue weighted by Gasteiger charge is -2.06. The normalized spacial score (nSPS) is 13.6. The predicted molar refractivity (Wildman–Crippen MR) is 82.2 cm³/mol. The van der Waals surface area contributed by atoms with Gasteiger partial charge < -0.3 is 9.30 Å². The molecule has 0 N–H and O–H groups in total. The fraction of sp³-hybridized carbons (Fsp3) is 0.222. The first-order valence-electron chi connectivity index (χ1n) is 7.11. The summed E-state index contributed by atoms with van der Waals surface area (Å²) in [6.45, 7) is 3.78. The maximum absolute atomic E-state index is 5.93. The van der Waals surface area contributed by atoms with E-state index in [4.69, 9.17) is 4.74 Å². The molecule has 102 valence electrons. The minimum absolute atomic E-state index is 0.618. The van der Waals surface area contributed by atoms with E-state index in [9.17, 15) is 0 Å². The van der Waals surface area contributed by atoms with Crippen LogP contribution in [0.1, 0.15) is 18.9 Å². The Morgan fingerprint density at radius 3 is 2.75 bits per heavy atom. The van der Waals surface area contributed by atoms with Crippen molar-refractivity contribution >= 4 is 12.2 Å². The lowest BCUT2D eigenvalue weighted by Crippen LogP contribution is -2.28. The van der Waals surface area contributed by atoms with Gasteiger partial charge in [-0.2, -0.15) is 0 Å². The fourth-order valence-electron chi connectivity index (χ4n) is 2.48. The first-order chi connectivity index (χ1) is 9.86. The average molecular weight is 265 g/mol. The van der Waals surface area contributed by atoms with Crippen molar-refractivity contribution in [3.8, 4) is 0 Å². The molecule has 1 aromatic carbocycles. The van der Waals surface area contributed by atoms with E-state index >= 15 is 0 Å². The number of allylic oxidation sites excluding steroid dienone is 2. The van der Waals surface area contributed by atoms with Crippen molar-refractivity contribution in [1.82, 2.24) is 4.57 Å². The molecule has 0 atom stereocenters. The van der Waals surface area contributed by atoms with E-state index in [1.165, 1.54) is 16.1 Å². The van der Waals surface area contributed by atoms with Gasteiger partial charge in [-0.3, -0.25) is 0 Å². The Morgan fingerprint density at radius 2 is 1.95 bits per heavy atom. The van der Waals surface area contributed by atoms with E-state index in [1.54, 1.807) is 0 Å². The van der Waals surface area contributed by atoms with Crippen molar-refractivity contribution in [2.24, 2.45) is 0 Å². The summed E-state index contributed by atoms with van der Waals surface area (Å²) in [7, 11) is 0. The van der Waals surface area contributed by atoms with Crippen molar-refractivity contribution in [3.63, 3.8) is 0 Å². The number of aryl methyl sites for hydroxylation is 1. The maximum Gasteiger partial charge on any atom is 0.116 e. The molecule has 2 nitrogen and oxygen atoms in total. The highest BCUT2D eigenvalue weighted by Crippen LogP contribution is 2.09. The molecule has 3 rings (SSSR count). The van der Waals surface area contributed by atoms with Gasteiger partial charge in [0.05, 0.1) is 0 Å². The summed E-state index contributed by atoms with van der Waals surface area (Å²) in [5.41, 5.74) is 1.20. The van der Waals surface area contributed by atoms with Gasteiger partial charge >= 0.3 is 0 Å². The molecule has 0 fully saturated rings. The molecular formula is C18H19NO. The molecule has 1 heterocycles. The number of rotatable bonds is 4. The van der Waals surface area contributed by atoms with E-state index in [0.717, 1.165) is 18.7 Å². The van der Waals surface area contributed by atoms with E-state index in [-0.39, 0.29) is 0 Å². The Kier molecular flexibility index (Phi) is 3.73. The summed E-state index contributed by atoms with van der Waals surface area (Å²) in [6.07, 6.45) is 9.58. The summed E-state index contributed by atoms with van der Waals surface area (Å²) >= 11 is 0. The minimum atomic E-state index is 0.618.